The number of hydrogen-bond acceptors (Lipinski definition) is 2. The van der Waals surface area contributed by atoms with Gasteiger partial charge in [0.2, 0.25) is 0 Å². The van der Waals surface area contributed by atoms with Crippen molar-refractivity contribution in [1.29, 1.82) is 0 Å². The molecule has 0 aromatic carbocycles. The predicted octanol–water partition coefficient (Wildman–Crippen LogP) is 1.47. The number of nitrogens with zero attached hydrogens (tertiary/aromatic N) is 1. The van der Waals surface area contributed by atoms with Gasteiger partial charge in [0.05, 0.1) is 0 Å². The molecule has 0 amide bonds. The fourth-order valence-electron chi connectivity index (χ4n) is 2.65. The van der Waals surface area contributed by atoms with E-state index in [1.807, 2.05) is 0 Å². The van der Waals surface area contributed by atoms with Crippen molar-refractivity contribution in [3.63, 3.8) is 0 Å². The van der Waals surface area contributed by atoms with Crippen molar-refractivity contribution in [2.75, 3.05) is 26.2 Å². The monoisotopic (exact) mass is 182 g/mol. The summed E-state index contributed by atoms with van der Waals surface area (Å²) in [5, 5.41) is 3.42. The maximum Gasteiger partial charge on any atom is 0.00803 e. The molecule has 1 unspecified atom stereocenters. The van der Waals surface area contributed by atoms with Crippen molar-refractivity contribution < 1.29 is 0 Å². The topological polar surface area (TPSA) is 15.3 Å². The van der Waals surface area contributed by atoms with E-state index in [9.17, 15) is 0 Å². The fourth-order valence-corrected chi connectivity index (χ4v) is 2.65. The van der Waals surface area contributed by atoms with Crippen molar-refractivity contribution in [2.24, 2.45) is 5.41 Å². The number of hydrogen-bond donors (Lipinski definition) is 1. The summed E-state index contributed by atoms with van der Waals surface area (Å²) in [6, 6.07) is 0.790. The smallest absolute Gasteiger partial charge is 0.00803 e. The Kier molecular flexibility index (Phi) is 2.61. The Morgan fingerprint density at radius 1 is 1.46 bits per heavy atom. The van der Waals surface area contributed by atoms with Gasteiger partial charge in [-0.25, -0.2) is 0 Å². The normalized spacial score (nSPS) is 30.0. The average Bonchev–Trinajstić information content (AvgIpc) is 2.14. The molecule has 2 aliphatic rings. The van der Waals surface area contributed by atoms with Gasteiger partial charge in [-0.3, -0.25) is 0 Å². The van der Waals surface area contributed by atoms with E-state index in [2.05, 4.69) is 24.1 Å². The molecular weight excluding hydrogens is 160 g/mol. The predicted molar refractivity (Wildman–Crippen MR) is 55.9 cm³/mol. The van der Waals surface area contributed by atoms with Crippen LogP contribution in [0.2, 0.25) is 0 Å². The van der Waals surface area contributed by atoms with E-state index in [0.717, 1.165) is 6.04 Å². The molecule has 2 heteroatoms. The highest BCUT2D eigenvalue weighted by molar-refractivity contribution is 4.97. The average molecular weight is 182 g/mol. The second kappa shape index (κ2) is 3.58. The Balaban J connectivity index is 1.92. The van der Waals surface area contributed by atoms with Crippen LogP contribution in [0.3, 0.4) is 0 Å². The van der Waals surface area contributed by atoms with Crippen LogP contribution in [0.1, 0.15) is 33.1 Å². The van der Waals surface area contributed by atoms with Gasteiger partial charge in [0, 0.05) is 31.1 Å². The molecule has 2 rings (SSSR count). The van der Waals surface area contributed by atoms with Crippen LogP contribution in [-0.2, 0) is 0 Å². The number of rotatable bonds is 2. The zero-order valence-electron chi connectivity index (χ0n) is 8.97. The van der Waals surface area contributed by atoms with Gasteiger partial charge in [0.1, 0.15) is 0 Å². The standard InChI is InChI=1S/C11H22N2/c1-3-10(2)13-6-4-5-11(9-13)7-12-8-11/h10,12H,3-9H2,1-2H3. The van der Waals surface area contributed by atoms with E-state index in [1.165, 1.54) is 45.4 Å². The quantitative estimate of drug-likeness (QED) is 0.695. The molecule has 2 fully saturated rings. The second-order valence-corrected chi connectivity index (χ2v) is 4.93. The molecule has 2 nitrogen and oxygen atoms in total. The minimum absolute atomic E-state index is 0.668. The first-order chi connectivity index (χ1) is 6.26. The molecule has 2 saturated heterocycles. The van der Waals surface area contributed by atoms with Gasteiger partial charge in [0.15, 0.2) is 0 Å². The van der Waals surface area contributed by atoms with E-state index in [4.69, 9.17) is 0 Å². The molecule has 1 spiro atoms. The Morgan fingerprint density at radius 2 is 2.23 bits per heavy atom. The zero-order valence-corrected chi connectivity index (χ0v) is 8.97. The van der Waals surface area contributed by atoms with Gasteiger partial charge in [-0.1, -0.05) is 6.92 Å². The van der Waals surface area contributed by atoms with Crippen molar-refractivity contribution in [3.05, 3.63) is 0 Å². The lowest BCUT2D eigenvalue weighted by Gasteiger charge is -2.50. The molecular formula is C11H22N2. The van der Waals surface area contributed by atoms with Crippen LogP contribution < -0.4 is 5.32 Å². The minimum Gasteiger partial charge on any atom is -0.315 e. The summed E-state index contributed by atoms with van der Waals surface area (Å²) < 4.78 is 0. The van der Waals surface area contributed by atoms with Gasteiger partial charge in [-0.15, -0.1) is 0 Å². The molecule has 2 heterocycles. The van der Waals surface area contributed by atoms with Crippen LogP contribution in [0.4, 0.5) is 0 Å². The van der Waals surface area contributed by atoms with Crippen LogP contribution in [0.25, 0.3) is 0 Å². The number of nitrogens with one attached hydrogen (secondary N) is 1. The molecule has 13 heavy (non-hydrogen) atoms. The van der Waals surface area contributed by atoms with Crippen molar-refractivity contribution >= 4 is 0 Å². The summed E-state index contributed by atoms with van der Waals surface area (Å²) >= 11 is 0. The Bertz CT molecular complexity index is 175. The third-order valence-corrected chi connectivity index (χ3v) is 3.91. The molecule has 0 aromatic heterocycles. The van der Waals surface area contributed by atoms with Crippen LogP contribution in [0.5, 0.6) is 0 Å². The Morgan fingerprint density at radius 3 is 2.77 bits per heavy atom. The first kappa shape index (κ1) is 9.47. The highest BCUT2D eigenvalue weighted by Crippen LogP contribution is 2.34. The fraction of sp³-hybridized carbons (Fsp3) is 1.00. The number of likely N-dealkylation sites (tertiary alicyclic amines) is 1. The van der Waals surface area contributed by atoms with Gasteiger partial charge < -0.3 is 10.2 Å². The summed E-state index contributed by atoms with van der Waals surface area (Å²) in [5.74, 6) is 0. The van der Waals surface area contributed by atoms with E-state index < -0.39 is 0 Å². The summed E-state index contributed by atoms with van der Waals surface area (Å²) in [6.07, 6.45) is 4.16. The third kappa shape index (κ3) is 1.75. The van der Waals surface area contributed by atoms with E-state index in [-0.39, 0.29) is 0 Å². The molecule has 0 bridgehead atoms. The molecule has 0 saturated carbocycles. The Labute approximate surface area is 81.7 Å². The molecule has 1 atom stereocenters. The third-order valence-electron chi connectivity index (χ3n) is 3.91. The van der Waals surface area contributed by atoms with Crippen LogP contribution in [0.15, 0.2) is 0 Å². The second-order valence-electron chi connectivity index (χ2n) is 4.93. The summed E-state index contributed by atoms with van der Waals surface area (Å²) in [5.41, 5.74) is 0.668. The molecule has 0 radical (unpaired) electrons. The largest absolute Gasteiger partial charge is 0.315 e. The summed E-state index contributed by atoms with van der Waals surface area (Å²) in [6.45, 7) is 9.86. The Hall–Kier alpha value is -0.0800. The lowest BCUT2D eigenvalue weighted by atomic mass is 9.74. The first-order valence-corrected chi connectivity index (χ1v) is 5.70. The van der Waals surface area contributed by atoms with Crippen LogP contribution >= 0.6 is 0 Å². The maximum absolute atomic E-state index is 3.42. The molecule has 1 N–H and O–H groups in total. The zero-order chi connectivity index (χ0) is 9.31. The van der Waals surface area contributed by atoms with Gasteiger partial charge >= 0.3 is 0 Å². The molecule has 0 aromatic rings. The van der Waals surface area contributed by atoms with Crippen LogP contribution in [-0.4, -0.2) is 37.1 Å². The lowest BCUT2D eigenvalue weighted by molar-refractivity contribution is 0.0212. The minimum atomic E-state index is 0.668. The molecule has 0 aliphatic carbocycles. The highest BCUT2D eigenvalue weighted by atomic mass is 15.2. The molecule has 76 valence electrons. The summed E-state index contributed by atoms with van der Waals surface area (Å²) in [7, 11) is 0. The van der Waals surface area contributed by atoms with Gasteiger partial charge in [0.25, 0.3) is 0 Å². The summed E-state index contributed by atoms with van der Waals surface area (Å²) in [4.78, 5) is 2.68. The van der Waals surface area contributed by atoms with Gasteiger partial charge in [-0.05, 0) is 32.7 Å². The molecule has 2 aliphatic heterocycles. The number of piperidine rings is 1. The maximum atomic E-state index is 3.42. The van der Waals surface area contributed by atoms with E-state index in [1.54, 1.807) is 0 Å². The van der Waals surface area contributed by atoms with Crippen molar-refractivity contribution in [1.82, 2.24) is 10.2 Å². The van der Waals surface area contributed by atoms with E-state index >= 15 is 0 Å². The van der Waals surface area contributed by atoms with Crippen LogP contribution in [0, 0.1) is 5.41 Å². The SMILES string of the molecule is CCC(C)N1CCCC2(CNC2)C1. The first-order valence-electron chi connectivity index (χ1n) is 5.70. The van der Waals surface area contributed by atoms with E-state index in [0.29, 0.717) is 5.41 Å². The highest BCUT2D eigenvalue weighted by Gasteiger charge is 2.41. The van der Waals surface area contributed by atoms with Gasteiger partial charge in [-0.2, -0.15) is 0 Å². The van der Waals surface area contributed by atoms with Crippen molar-refractivity contribution in [2.45, 2.75) is 39.2 Å². The lowest BCUT2D eigenvalue weighted by Crippen LogP contribution is -2.62. The van der Waals surface area contributed by atoms with Crippen molar-refractivity contribution in [3.8, 4) is 0 Å².